The quantitative estimate of drug-likeness (QED) is 0.720. The van der Waals surface area contributed by atoms with Crippen LogP contribution in [0.1, 0.15) is 54.0 Å². The number of esters is 1. The lowest BCUT2D eigenvalue weighted by Gasteiger charge is -2.08. The Morgan fingerprint density at radius 2 is 2.11 bits per heavy atom. The Labute approximate surface area is 158 Å². The van der Waals surface area contributed by atoms with Crippen molar-refractivity contribution in [3.63, 3.8) is 0 Å². The predicted molar refractivity (Wildman–Crippen MR) is 92.0 cm³/mol. The molecule has 1 aliphatic rings. The van der Waals surface area contributed by atoms with Crippen LogP contribution in [-0.2, 0) is 22.6 Å². The normalized spacial score (nSPS) is 13.9. The average molecular weight is 402 g/mol. The number of nitrogens with zero attached hydrogens (tertiary/aromatic N) is 4. The molecule has 0 aliphatic heterocycles. The summed E-state index contributed by atoms with van der Waals surface area (Å²) in [6, 6.07) is 0. The molecule has 0 bridgehead atoms. The van der Waals surface area contributed by atoms with Crippen LogP contribution < -0.4 is 5.32 Å². The Hall–Kier alpha value is -2.49. The summed E-state index contributed by atoms with van der Waals surface area (Å²) in [5, 5.41) is 10.3. The zero-order chi connectivity index (χ0) is 19.7. The van der Waals surface area contributed by atoms with Crippen LogP contribution in [0, 0.1) is 0 Å². The maximum Gasteiger partial charge on any atom is 0.360 e. The van der Waals surface area contributed by atoms with Crippen molar-refractivity contribution in [2.24, 2.45) is 0 Å². The number of rotatable bonds is 7. The fourth-order valence-corrected chi connectivity index (χ4v) is 3.10. The van der Waals surface area contributed by atoms with Gasteiger partial charge in [-0.15, -0.1) is 0 Å². The smallest absolute Gasteiger partial charge is 0.360 e. The summed E-state index contributed by atoms with van der Waals surface area (Å²) < 4.78 is 33.5. The van der Waals surface area contributed by atoms with Gasteiger partial charge < -0.3 is 10.1 Å². The van der Waals surface area contributed by atoms with Gasteiger partial charge in [0.1, 0.15) is 12.2 Å². The highest BCUT2D eigenvalue weighted by Gasteiger charge is 2.34. The molecule has 1 fully saturated rings. The van der Waals surface area contributed by atoms with Crippen LogP contribution in [0.4, 0.5) is 14.5 Å². The molecule has 0 aromatic carbocycles. The number of nitrogens with one attached hydrogen (secondary N) is 1. The summed E-state index contributed by atoms with van der Waals surface area (Å²) in [4.78, 5) is 24.2. The summed E-state index contributed by atoms with van der Waals surface area (Å²) in [6.45, 7) is 1.99. The largest absolute Gasteiger partial charge is 0.464 e. The molecule has 1 saturated carbocycles. The number of halogens is 3. The van der Waals surface area contributed by atoms with Crippen LogP contribution in [0.25, 0.3) is 0 Å². The fourth-order valence-electron chi connectivity index (χ4n) is 2.73. The predicted octanol–water partition coefficient (Wildman–Crippen LogP) is 2.99. The van der Waals surface area contributed by atoms with E-state index in [1.807, 2.05) is 6.92 Å². The number of hydrogen-bond donors (Lipinski definition) is 1. The molecule has 1 aliphatic carbocycles. The Bertz CT molecular complexity index is 876. The van der Waals surface area contributed by atoms with Gasteiger partial charge in [-0.25, -0.2) is 13.6 Å². The van der Waals surface area contributed by atoms with E-state index in [0.29, 0.717) is 12.2 Å². The van der Waals surface area contributed by atoms with Crippen LogP contribution in [0.5, 0.6) is 0 Å². The summed E-state index contributed by atoms with van der Waals surface area (Å²) in [5.74, 6) is -1.21. The first-order valence-corrected chi connectivity index (χ1v) is 8.73. The van der Waals surface area contributed by atoms with Crippen molar-refractivity contribution in [2.75, 3.05) is 12.4 Å². The first-order valence-electron chi connectivity index (χ1n) is 8.35. The van der Waals surface area contributed by atoms with E-state index in [0.717, 1.165) is 12.8 Å². The fraction of sp³-hybridized carbons (Fsp3) is 0.500. The van der Waals surface area contributed by atoms with E-state index in [4.69, 9.17) is 11.6 Å². The standard InChI is InChI=1S/C16H18ClF2N5O3/c1-3-23-6-9(12(21-23)16(26)27-2)20-10(25)7-24-14(8-4-5-8)11(17)13(22-24)15(18)19/h6,8,15H,3-5,7H2,1-2H3,(H,20,25). The first-order chi connectivity index (χ1) is 12.8. The highest BCUT2D eigenvalue weighted by molar-refractivity contribution is 6.32. The number of carbonyl (C=O) groups excluding carboxylic acids is 2. The molecule has 2 heterocycles. The zero-order valence-corrected chi connectivity index (χ0v) is 15.5. The highest BCUT2D eigenvalue weighted by Crippen LogP contribution is 2.45. The summed E-state index contributed by atoms with van der Waals surface area (Å²) in [5.41, 5.74) is 0.0517. The lowest BCUT2D eigenvalue weighted by Crippen LogP contribution is -2.22. The van der Waals surface area contributed by atoms with Crippen LogP contribution in [0.15, 0.2) is 6.20 Å². The van der Waals surface area contributed by atoms with Gasteiger partial charge in [-0.1, -0.05) is 11.6 Å². The third-order valence-electron chi connectivity index (χ3n) is 4.16. The number of aromatic nitrogens is 4. The van der Waals surface area contributed by atoms with E-state index in [1.165, 1.54) is 22.7 Å². The maximum absolute atomic E-state index is 13.1. The molecule has 3 rings (SSSR count). The minimum Gasteiger partial charge on any atom is -0.464 e. The molecule has 0 unspecified atom stereocenters. The molecule has 146 valence electrons. The Morgan fingerprint density at radius 3 is 2.67 bits per heavy atom. The summed E-state index contributed by atoms with van der Waals surface area (Å²) in [6.07, 6.45) is 0.289. The van der Waals surface area contributed by atoms with Crippen LogP contribution in [0.2, 0.25) is 5.02 Å². The molecule has 0 atom stereocenters. The number of alkyl halides is 2. The second-order valence-electron chi connectivity index (χ2n) is 6.10. The molecule has 27 heavy (non-hydrogen) atoms. The van der Waals surface area contributed by atoms with Gasteiger partial charge in [0.05, 0.1) is 23.5 Å². The van der Waals surface area contributed by atoms with Gasteiger partial charge in [0.15, 0.2) is 5.69 Å². The Balaban J connectivity index is 1.82. The lowest BCUT2D eigenvalue weighted by atomic mass is 10.2. The van der Waals surface area contributed by atoms with Crippen LogP contribution in [0.3, 0.4) is 0 Å². The SMILES string of the molecule is CCn1cc(NC(=O)Cn2nc(C(F)F)c(Cl)c2C2CC2)c(C(=O)OC)n1. The first kappa shape index (κ1) is 19.3. The van der Waals surface area contributed by atoms with Gasteiger partial charge in [0.25, 0.3) is 6.43 Å². The Morgan fingerprint density at radius 1 is 1.41 bits per heavy atom. The average Bonchev–Trinajstić information content (AvgIpc) is 3.29. The van der Waals surface area contributed by atoms with Crippen molar-refractivity contribution in [3.8, 4) is 0 Å². The maximum atomic E-state index is 13.1. The van der Waals surface area contributed by atoms with Gasteiger partial charge >= 0.3 is 5.97 Å². The third kappa shape index (κ3) is 3.95. The molecule has 0 radical (unpaired) electrons. The minimum absolute atomic E-state index is 0.0266. The molecule has 1 N–H and O–H groups in total. The van der Waals surface area contributed by atoms with Crippen molar-refractivity contribution in [1.82, 2.24) is 19.6 Å². The van der Waals surface area contributed by atoms with E-state index in [9.17, 15) is 18.4 Å². The second kappa shape index (κ2) is 7.63. The summed E-state index contributed by atoms with van der Waals surface area (Å²) >= 11 is 6.04. The second-order valence-corrected chi connectivity index (χ2v) is 6.48. The number of ether oxygens (including phenoxy) is 1. The van der Waals surface area contributed by atoms with Gasteiger partial charge in [-0.05, 0) is 19.8 Å². The Kier molecular flexibility index (Phi) is 5.45. The number of amides is 1. The monoisotopic (exact) mass is 401 g/mol. The molecule has 0 spiro atoms. The van der Waals surface area contributed by atoms with E-state index >= 15 is 0 Å². The van der Waals surface area contributed by atoms with E-state index in [-0.39, 0.29) is 28.9 Å². The van der Waals surface area contributed by atoms with Gasteiger partial charge in [-0.3, -0.25) is 14.2 Å². The molecule has 8 nitrogen and oxygen atoms in total. The van der Waals surface area contributed by atoms with Crippen LogP contribution >= 0.6 is 11.6 Å². The van der Waals surface area contributed by atoms with E-state index < -0.39 is 24.0 Å². The third-order valence-corrected chi connectivity index (χ3v) is 4.55. The molecular formula is C16H18ClF2N5O3. The molecular weight excluding hydrogens is 384 g/mol. The zero-order valence-electron chi connectivity index (χ0n) is 14.7. The van der Waals surface area contributed by atoms with Crippen LogP contribution in [-0.4, -0.2) is 38.5 Å². The van der Waals surface area contributed by atoms with E-state index in [2.05, 4.69) is 20.3 Å². The topological polar surface area (TPSA) is 91.0 Å². The number of anilines is 1. The molecule has 11 heteroatoms. The van der Waals surface area contributed by atoms with Gasteiger partial charge in [0.2, 0.25) is 5.91 Å². The van der Waals surface area contributed by atoms with Crippen molar-refractivity contribution in [1.29, 1.82) is 0 Å². The number of methoxy groups -OCH3 is 1. The van der Waals surface area contributed by atoms with Crippen molar-refractivity contribution >= 4 is 29.2 Å². The lowest BCUT2D eigenvalue weighted by molar-refractivity contribution is -0.117. The van der Waals surface area contributed by atoms with Gasteiger partial charge in [0, 0.05) is 18.7 Å². The minimum atomic E-state index is -2.83. The molecule has 2 aromatic heterocycles. The van der Waals surface area contributed by atoms with Crippen molar-refractivity contribution < 1.29 is 23.1 Å². The van der Waals surface area contributed by atoms with E-state index in [1.54, 1.807) is 0 Å². The highest BCUT2D eigenvalue weighted by atomic mass is 35.5. The summed E-state index contributed by atoms with van der Waals surface area (Å²) in [7, 11) is 1.21. The van der Waals surface area contributed by atoms with Gasteiger partial charge in [-0.2, -0.15) is 10.2 Å². The number of aryl methyl sites for hydroxylation is 1. The number of hydrogen-bond acceptors (Lipinski definition) is 5. The molecule has 0 saturated heterocycles. The van der Waals surface area contributed by atoms with Crippen molar-refractivity contribution in [2.45, 2.75) is 45.2 Å². The molecule has 1 amide bonds. The molecule has 2 aromatic rings. The number of carbonyl (C=O) groups is 2. The van der Waals surface area contributed by atoms with Crippen molar-refractivity contribution in [3.05, 3.63) is 28.3 Å².